The lowest BCUT2D eigenvalue weighted by Gasteiger charge is -2.12. The highest BCUT2D eigenvalue weighted by atomic mass is 14.9. The molecule has 0 amide bonds. The van der Waals surface area contributed by atoms with E-state index in [0.29, 0.717) is 5.69 Å². The summed E-state index contributed by atoms with van der Waals surface area (Å²) < 4.78 is 0. The smallest absolute Gasteiger partial charge is 0.230 e. The van der Waals surface area contributed by atoms with Crippen molar-refractivity contribution in [2.75, 3.05) is 12.4 Å². The van der Waals surface area contributed by atoms with E-state index in [1.54, 1.807) is 0 Å². The van der Waals surface area contributed by atoms with Crippen LogP contribution in [0.3, 0.4) is 0 Å². The van der Waals surface area contributed by atoms with Gasteiger partial charge in [-0.05, 0) is 44.0 Å². The minimum Gasteiger partial charge on any atom is -0.396 e. The summed E-state index contributed by atoms with van der Waals surface area (Å²) in [6.07, 6.45) is 0. The fourth-order valence-electron chi connectivity index (χ4n) is 2.03. The molecule has 0 aliphatic carbocycles. The molecule has 86 valence electrons. The van der Waals surface area contributed by atoms with Crippen LogP contribution in [-0.2, 0) is 0 Å². The molecule has 1 N–H and O–H groups in total. The molecule has 0 bridgehead atoms. The van der Waals surface area contributed by atoms with E-state index in [-0.39, 0.29) is 0 Å². The normalized spacial score (nSPS) is 10.3. The maximum absolute atomic E-state index is 7.24. The second-order valence-electron chi connectivity index (χ2n) is 4.24. The lowest BCUT2D eigenvalue weighted by atomic mass is 10.0. The maximum atomic E-state index is 7.24. The highest BCUT2D eigenvalue weighted by Gasteiger charge is 2.12. The van der Waals surface area contributed by atoms with Gasteiger partial charge in [0.05, 0.1) is 17.8 Å². The summed E-state index contributed by atoms with van der Waals surface area (Å²) in [6, 6.07) is 4.17. The first-order valence-electron chi connectivity index (χ1n) is 5.55. The van der Waals surface area contributed by atoms with E-state index in [1.165, 1.54) is 11.1 Å². The van der Waals surface area contributed by atoms with Gasteiger partial charge in [-0.15, -0.1) is 0 Å². The Morgan fingerprint density at radius 1 is 1.18 bits per heavy atom. The van der Waals surface area contributed by atoms with Crippen LogP contribution in [0.2, 0.25) is 0 Å². The topological polar surface area (TPSA) is 29.3 Å². The number of rotatable bonds is 1. The van der Waals surface area contributed by atoms with Gasteiger partial charge in [0, 0.05) is 18.1 Å². The average Bonchev–Trinajstić information content (AvgIpc) is 2.30. The summed E-state index contributed by atoms with van der Waals surface area (Å²) in [7, 11) is 1.85. The third kappa shape index (κ3) is 1.72. The molecule has 0 spiro atoms. The molecule has 0 unspecified atom stereocenters. The summed E-state index contributed by atoms with van der Waals surface area (Å²) in [5.41, 5.74) is 5.66. The Morgan fingerprint density at radius 3 is 2.41 bits per heavy atom. The van der Waals surface area contributed by atoms with Crippen molar-refractivity contribution in [3.63, 3.8) is 0 Å². The van der Waals surface area contributed by atoms with E-state index in [1.807, 2.05) is 14.0 Å². The first-order valence-corrected chi connectivity index (χ1v) is 5.55. The number of aryl methyl sites for hydroxylation is 3. The van der Waals surface area contributed by atoms with Crippen LogP contribution in [0.25, 0.3) is 15.7 Å². The molecule has 0 atom stereocenters. The summed E-state index contributed by atoms with van der Waals surface area (Å²) >= 11 is 0. The zero-order valence-corrected chi connectivity index (χ0v) is 10.5. The van der Waals surface area contributed by atoms with Crippen molar-refractivity contribution in [3.8, 4) is 0 Å². The number of aromatic nitrogens is 1. The first kappa shape index (κ1) is 11.4. The Hall–Kier alpha value is -2.08. The van der Waals surface area contributed by atoms with Gasteiger partial charge < -0.3 is 5.32 Å². The fourth-order valence-corrected chi connectivity index (χ4v) is 2.03. The van der Waals surface area contributed by atoms with Crippen molar-refractivity contribution in [3.05, 3.63) is 40.4 Å². The highest BCUT2D eigenvalue weighted by Crippen LogP contribution is 2.35. The number of nitrogens with one attached hydrogen (secondary N) is 1. The number of hydrogen-bond donors (Lipinski definition) is 1. The number of benzene rings is 1. The lowest BCUT2D eigenvalue weighted by Crippen LogP contribution is -1.96. The standard InChI is InChI=1S/C14H15N3/c1-8-6-11-12(7-9(8)2)17-10(3)13(15-4)14(11)16-5/h6-7H,1-3,5H3,(H,16,17). The molecule has 1 heterocycles. The van der Waals surface area contributed by atoms with Crippen molar-refractivity contribution in [1.29, 1.82) is 0 Å². The third-order valence-corrected chi connectivity index (χ3v) is 3.11. The number of anilines is 1. The Kier molecular flexibility index (Phi) is 2.72. The van der Waals surface area contributed by atoms with Crippen LogP contribution in [0, 0.1) is 27.3 Å². The Bertz CT molecular complexity index is 636. The molecule has 0 saturated carbocycles. The summed E-state index contributed by atoms with van der Waals surface area (Å²) in [5.74, 6) is 0. The van der Waals surface area contributed by atoms with Crippen LogP contribution in [0.5, 0.6) is 0 Å². The van der Waals surface area contributed by atoms with Gasteiger partial charge in [-0.3, -0.25) is 4.98 Å². The summed E-state index contributed by atoms with van der Waals surface area (Å²) in [6.45, 7) is 13.3. The van der Waals surface area contributed by atoms with Gasteiger partial charge in [0.2, 0.25) is 5.69 Å². The van der Waals surface area contributed by atoms with Crippen LogP contribution >= 0.6 is 0 Å². The molecule has 0 radical (unpaired) electrons. The van der Waals surface area contributed by atoms with Gasteiger partial charge in [-0.2, -0.15) is 0 Å². The average molecular weight is 225 g/mol. The minimum atomic E-state index is 0.614. The van der Waals surface area contributed by atoms with E-state index >= 15 is 0 Å². The number of nitrogens with zero attached hydrogens (tertiary/aromatic N) is 2. The van der Waals surface area contributed by atoms with Crippen LogP contribution in [0.15, 0.2) is 12.1 Å². The molecule has 2 aromatic rings. The van der Waals surface area contributed by atoms with E-state index in [2.05, 4.69) is 41.1 Å². The second kappa shape index (κ2) is 4.06. The summed E-state index contributed by atoms with van der Waals surface area (Å²) in [4.78, 5) is 8.07. The Balaban J connectivity index is 2.95. The van der Waals surface area contributed by atoms with Crippen LogP contribution in [0.1, 0.15) is 16.8 Å². The van der Waals surface area contributed by atoms with Crippen molar-refractivity contribution in [1.82, 2.24) is 4.98 Å². The van der Waals surface area contributed by atoms with Crippen molar-refractivity contribution in [2.45, 2.75) is 20.8 Å². The number of pyridine rings is 1. The monoisotopic (exact) mass is 225 g/mol. The van der Waals surface area contributed by atoms with Crippen LogP contribution in [-0.4, -0.2) is 12.0 Å². The Morgan fingerprint density at radius 2 is 1.82 bits per heavy atom. The van der Waals surface area contributed by atoms with Gasteiger partial charge in [-0.25, -0.2) is 4.85 Å². The van der Waals surface area contributed by atoms with Crippen LogP contribution in [0.4, 0.5) is 11.4 Å². The van der Waals surface area contributed by atoms with E-state index in [4.69, 9.17) is 6.57 Å². The molecule has 1 aromatic carbocycles. The van der Waals surface area contributed by atoms with Crippen molar-refractivity contribution < 1.29 is 0 Å². The minimum absolute atomic E-state index is 0.614. The van der Waals surface area contributed by atoms with E-state index < -0.39 is 0 Å². The second-order valence-corrected chi connectivity index (χ2v) is 4.24. The van der Waals surface area contributed by atoms with E-state index in [9.17, 15) is 0 Å². The van der Waals surface area contributed by atoms with Crippen molar-refractivity contribution >= 4 is 22.3 Å². The lowest BCUT2D eigenvalue weighted by molar-refractivity contribution is 1.25. The first-order chi connectivity index (χ1) is 8.08. The molecule has 0 aliphatic rings. The van der Waals surface area contributed by atoms with E-state index in [0.717, 1.165) is 22.3 Å². The van der Waals surface area contributed by atoms with Gasteiger partial charge in [0.1, 0.15) is 0 Å². The fraction of sp³-hybridized carbons (Fsp3) is 0.286. The maximum Gasteiger partial charge on any atom is 0.230 e. The molecule has 0 saturated heterocycles. The van der Waals surface area contributed by atoms with Crippen molar-refractivity contribution in [2.24, 2.45) is 0 Å². The molecular formula is C14H15N3. The van der Waals surface area contributed by atoms with Crippen LogP contribution < -0.4 is 5.32 Å². The van der Waals surface area contributed by atoms with Gasteiger partial charge in [-0.1, -0.05) is 0 Å². The molecule has 17 heavy (non-hydrogen) atoms. The molecular weight excluding hydrogens is 210 g/mol. The molecule has 0 aliphatic heterocycles. The van der Waals surface area contributed by atoms with Gasteiger partial charge >= 0.3 is 0 Å². The van der Waals surface area contributed by atoms with Gasteiger partial charge in [0.15, 0.2) is 0 Å². The molecule has 1 aromatic heterocycles. The largest absolute Gasteiger partial charge is 0.396 e. The predicted octanol–water partition coefficient (Wildman–Crippen LogP) is 3.75. The number of hydrogen-bond acceptors (Lipinski definition) is 2. The molecule has 3 heteroatoms. The molecule has 2 rings (SSSR count). The SMILES string of the molecule is [C-]#[N+]c1c(C)nc2cc(C)c(C)cc2c1NC. The molecule has 3 nitrogen and oxygen atoms in total. The highest BCUT2D eigenvalue weighted by molar-refractivity contribution is 5.99. The molecule has 0 fully saturated rings. The number of fused-ring (bicyclic) bond motifs is 1. The quantitative estimate of drug-likeness (QED) is 0.749. The zero-order chi connectivity index (χ0) is 12.6. The predicted molar refractivity (Wildman–Crippen MR) is 71.8 cm³/mol. The van der Waals surface area contributed by atoms with Gasteiger partial charge in [0.25, 0.3) is 0 Å². The third-order valence-electron chi connectivity index (χ3n) is 3.11. The Labute approximate surface area is 101 Å². The summed E-state index contributed by atoms with van der Waals surface area (Å²) in [5, 5.41) is 4.14. The zero-order valence-electron chi connectivity index (χ0n) is 10.5.